The Balaban J connectivity index is 2.18. The first kappa shape index (κ1) is 15.1. The molecule has 8 nitrogen and oxygen atoms in total. The quantitative estimate of drug-likeness (QED) is 0.362. The lowest BCUT2D eigenvalue weighted by atomic mass is 10.1. The number of aliphatic hydroxyl groups excluding tert-OH is 3. The molecule has 0 aromatic heterocycles. The van der Waals surface area contributed by atoms with E-state index in [2.05, 4.69) is 5.32 Å². The van der Waals surface area contributed by atoms with Gasteiger partial charge in [0.2, 0.25) is 0 Å². The molecular formula is C12H18N2O6. The van der Waals surface area contributed by atoms with Crippen LogP contribution in [0, 0.1) is 12.1 Å². The summed E-state index contributed by atoms with van der Waals surface area (Å²) in [6.45, 7) is 1.33. The highest BCUT2D eigenvalue weighted by Gasteiger charge is 2.42. The van der Waals surface area contributed by atoms with Gasteiger partial charge in [0.1, 0.15) is 24.0 Å². The molecule has 112 valence electrons. The summed E-state index contributed by atoms with van der Waals surface area (Å²) in [5.41, 5.74) is 1.11. The molecule has 2 rings (SSSR count). The van der Waals surface area contributed by atoms with Crippen molar-refractivity contribution < 1.29 is 30.5 Å². The first-order chi connectivity index (χ1) is 9.43. The summed E-state index contributed by atoms with van der Waals surface area (Å²) in [4.78, 5) is 0. The lowest BCUT2D eigenvalue weighted by Gasteiger charge is -2.21. The molecule has 5 atom stereocenters. The fourth-order valence-electron chi connectivity index (χ4n) is 2.13. The Labute approximate surface area is 115 Å². The lowest BCUT2D eigenvalue weighted by Crippen LogP contribution is -2.99. The second kappa shape index (κ2) is 6.02. The fraction of sp³-hybridized carbons (Fsp3) is 0.500. The summed E-state index contributed by atoms with van der Waals surface area (Å²) in [7, 11) is 0. The molecule has 1 heterocycles. The molecule has 6 N–H and O–H groups in total. The average Bonchev–Trinajstić information content (AvgIpc) is 2.68. The van der Waals surface area contributed by atoms with E-state index < -0.39 is 36.4 Å². The second-order valence-electron chi connectivity index (χ2n) is 4.76. The molecule has 1 saturated heterocycles. The van der Waals surface area contributed by atoms with Gasteiger partial charge < -0.3 is 30.6 Å². The van der Waals surface area contributed by atoms with Gasteiger partial charge in [-0.05, 0) is 18.6 Å². The summed E-state index contributed by atoms with van der Waals surface area (Å²) in [5, 5.41) is 50.4. The first-order valence-corrected chi connectivity index (χ1v) is 6.17. The Morgan fingerprint density at radius 3 is 2.60 bits per heavy atom. The van der Waals surface area contributed by atoms with E-state index in [-0.39, 0.29) is 11.4 Å². The van der Waals surface area contributed by atoms with Crippen molar-refractivity contribution in [1.82, 2.24) is 0 Å². The highest BCUT2D eigenvalue weighted by Crippen LogP contribution is 2.26. The number of benzene rings is 1. The Morgan fingerprint density at radius 1 is 1.35 bits per heavy atom. The Kier molecular flexibility index (Phi) is 4.55. The van der Waals surface area contributed by atoms with Crippen LogP contribution in [0.4, 0.5) is 11.4 Å². The molecule has 0 spiro atoms. The van der Waals surface area contributed by atoms with E-state index in [9.17, 15) is 15.4 Å². The number of aryl methyl sites for hydroxylation is 1. The minimum absolute atomic E-state index is 0.0442. The van der Waals surface area contributed by atoms with E-state index in [0.717, 1.165) is 5.56 Å². The van der Waals surface area contributed by atoms with Crippen molar-refractivity contribution in [2.45, 2.75) is 31.5 Å². The van der Waals surface area contributed by atoms with E-state index in [1.807, 2.05) is 0 Å². The molecule has 1 aliphatic rings. The van der Waals surface area contributed by atoms with Gasteiger partial charge in [0.25, 0.3) is 0 Å². The molecule has 1 fully saturated rings. The van der Waals surface area contributed by atoms with Gasteiger partial charge in [-0.15, -0.1) is 0 Å². The summed E-state index contributed by atoms with van der Waals surface area (Å²) in [6, 6.07) is 4.77. The van der Waals surface area contributed by atoms with Crippen molar-refractivity contribution in [3.8, 4) is 0 Å². The molecule has 20 heavy (non-hydrogen) atoms. The molecule has 0 aliphatic carbocycles. The standard InChI is InChI=1S/C12H18N2O6/c1-6-2-3-7(8(4-6)14(18)19)13-12-11(17)10(16)9(5-15)20-12/h2-4,9-18H,5H2,1H3. The van der Waals surface area contributed by atoms with E-state index in [1.165, 1.54) is 6.07 Å². The third-order valence-corrected chi connectivity index (χ3v) is 3.25. The van der Waals surface area contributed by atoms with Gasteiger partial charge in [0.05, 0.1) is 6.61 Å². The third kappa shape index (κ3) is 2.91. The van der Waals surface area contributed by atoms with Crippen LogP contribution in [0.3, 0.4) is 0 Å². The van der Waals surface area contributed by atoms with Crippen LogP contribution >= 0.6 is 0 Å². The van der Waals surface area contributed by atoms with E-state index in [4.69, 9.17) is 15.1 Å². The normalized spacial score (nSPS) is 31.3. The highest BCUT2D eigenvalue weighted by molar-refractivity contribution is 5.62. The summed E-state index contributed by atoms with van der Waals surface area (Å²) < 4.78 is 5.25. The molecular weight excluding hydrogens is 268 g/mol. The molecule has 0 amide bonds. The van der Waals surface area contributed by atoms with Crippen LogP contribution in [0.1, 0.15) is 5.56 Å². The average molecular weight is 286 g/mol. The molecule has 0 bridgehead atoms. The fourth-order valence-corrected chi connectivity index (χ4v) is 2.13. The van der Waals surface area contributed by atoms with E-state index >= 15 is 0 Å². The van der Waals surface area contributed by atoms with Crippen LogP contribution in [-0.2, 0) is 4.74 Å². The zero-order chi connectivity index (χ0) is 14.9. The van der Waals surface area contributed by atoms with Crippen molar-refractivity contribution in [2.24, 2.45) is 0 Å². The van der Waals surface area contributed by atoms with Crippen LogP contribution in [0.5, 0.6) is 0 Å². The van der Waals surface area contributed by atoms with Crippen molar-refractivity contribution >= 4 is 11.4 Å². The van der Waals surface area contributed by atoms with Gasteiger partial charge in [0, 0.05) is 6.07 Å². The Hall–Kier alpha value is -1.26. The van der Waals surface area contributed by atoms with Crippen LogP contribution in [0.15, 0.2) is 18.2 Å². The minimum Gasteiger partial charge on any atom is -0.595 e. The van der Waals surface area contributed by atoms with Gasteiger partial charge in [-0.2, -0.15) is 5.23 Å². The third-order valence-electron chi connectivity index (χ3n) is 3.25. The summed E-state index contributed by atoms with van der Waals surface area (Å²) in [6.07, 6.45) is -4.37. The number of quaternary nitrogens is 1. The number of nitrogens with one attached hydrogen (secondary N) is 2. The zero-order valence-corrected chi connectivity index (χ0v) is 10.9. The van der Waals surface area contributed by atoms with Crippen molar-refractivity contribution in [3.05, 3.63) is 29.0 Å². The molecule has 5 unspecified atom stereocenters. The maximum absolute atomic E-state index is 11.2. The SMILES string of the molecule is Cc1ccc(NC2OC(CO)C(O)C2O)c([NH+]([O-])O)c1. The van der Waals surface area contributed by atoms with Crippen LogP contribution in [0.25, 0.3) is 0 Å². The monoisotopic (exact) mass is 286 g/mol. The van der Waals surface area contributed by atoms with Gasteiger partial charge in [-0.3, -0.25) is 0 Å². The van der Waals surface area contributed by atoms with Crippen LogP contribution < -0.4 is 10.5 Å². The van der Waals surface area contributed by atoms with Gasteiger partial charge in [-0.25, -0.2) is 5.21 Å². The first-order valence-electron chi connectivity index (χ1n) is 6.17. The topological polar surface area (TPSA) is 130 Å². The van der Waals surface area contributed by atoms with Crippen LogP contribution in [0.2, 0.25) is 0 Å². The minimum atomic E-state index is -1.25. The maximum Gasteiger partial charge on any atom is 0.187 e. The molecule has 0 radical (unpaired) electrons. The van der Waals surface area contributed by atoms with Gasteiger partial charge >= 0.3 is 0 Å². The van der Waals surface area contributed by atoms with Crippen molar-refractivity contribution in [1.29, 1.82) is 0 Å². The van der Waals surface area contributed by atoms with E-state index in [0.29, 0.717) is 0 Å². The number of hydrogen-bond acceptors (Lipinski definition) is 7. The molecule has 8 heteroatoms. The van der Waals surface area contributed by atoms with Crippen LogP contribution in [-0.4, -0.2) is 51.7 Å². The van der Waals surface area contributed by atoms with Crippen molar-refractivity contribution in [3.63, 3.8) is 0 Å². The predicted molar refractivity (Wildman–Crippen MR) is 68.3 cm³/mol. The highest BCUT2D eigenvalue weighted by atomic mass is 16.8. The van der Waals surface area contributed by atoms with Gasteiger partial charge in [-0.1, -0.05) is 6.07 Å². The number of rotatable bonds is 4. The van der Waals surface area contributed by atoms with E-state index in [1.54, 1.807) is 19.1 Å². The number of hydrogen-bond donors (Lipinski definition) is 6. The van der Waals surface area contributed by atoms with Crippen molar-refractivity contribution in [2.75, 3.05) is 11.9 Å². The lowest BCUT2D eigenvalue weighted by molar-refractivity contribution is -0.990. The Bertz CT molecular complexity index is 469. The largest absolute Gasteiger partial charge is 0.595 e. The zero-order valence-electron chi connectivity index (χ0n) is 10.9. The smallest absolute Gasteiger partial charge is 0.187 e. The number of aliphatic hydroxyl groups is 3. The number of anilines is 1. The molecule has 1 aliphatic heterocycles. The van der Waals surface area contributed by atoms with Gasteiger partial charge in [0.15, 0.2) is 11.9 Å². The summed E-state index contributed by atoms with van der Waals surface area (Å²) in [5.74, 6) is 0. The maximum atomic E-state index is 11.2. The summed E-state index contributed by atoms with van der Waals surface area (Å²) >= 11 is 0. The molecule has 1 aromatic carbocycles. The number of ether oxygens (including phenoxy) is 1. The molecule has 0 saturated carbocycles. The Morgan fingerprint density at radius 2 is 2.05 bits per heavy atom. The predicted octanol–water partition coefficient (Wildman–Crippen LogP) is -1.75. The molecule has 1 aromatic rings. The second-order valence-corrected chi connectivity index (χ2v) is 4.76.